The van der Waals surface area contributed by atoms with Gasteiger partial charge in [0.25, 0.3) is 0 Å². The van der Waals surface area contributed by atoms with Crippen LogP contribution in [0.4, 0.5) is 5.13 Å². The van der Waals surface area contributed by atoms with Gasteiger partial charge in [-0.2, -0.15) is 0 Å². The molecule has 0 saturated heterocycles. The number of aromatic nitrogens is 2. The molecule has 0 unspecified atom stereocenters. The fourth-order valence-electron chi connectivity index (χ4n) is 1.30. The Morgan fingerprint density at radius 1 is 1.58 bits per heavy atom. The Labute approximate surface area is 118 Å². The average Bonchev–Trinajstić information content (AvgIpc) is 3.04. The van der Waals surface area contributed by atoms with Crippen molar-refractivity contribution in [2.75, 3.05) is 19.0 Å². The number of hydrogen-bond acceptors (Lipinski definition) is 8. The van der Waals surface area contributed by atoms with Gasteiger partial charge in [0.05, 0.1) is 6.26 Å². The molecule has 0 aliphatic rings. The number of nitrogens with one attached hydrogen (secondary N) is 1. The molecule has 0 saturated carbocycles. The molecule has 2 heterocycles. The van der Waals surface area contributed by atoms with Crippen molar-refractivity contribution in [2.24, 2.45) is 5.84 Å². The number of carbonyl (C=O) groups is 1. The van der Waals surface area contributed by atoms with Gasteiger partial charge >= 0.3 is 5.91 Å². The largest absolute Gasteiger partial charge is 0.459 e. The molecule has 2 aromatic heterocycles. The van der Waals surface area contributed by atoms with Crippen LogP contribution in [0.5, 0.6) is 0 Å². The highest BCUT2D eigenvalue weighted by atomic mass is 32.2. The van der Waals surface area contributed by atoms with Crippen LogP contribution in [-0.4, -0.2) is 30.2 Å². The molecule has 0 atom stereocenters. The van der Waals surface area contributed by atoms with Crippen LogP contribution in [-0.2, 0) is 5.75 Å². The summed E-state index contributed by atoms with van der Waals surface area (Å²) < 4.78 is 5.94. The summed E-state index contributed by atoms with van der Waals surface area (Å²) in [6, 6.07) is 1.74. The van der Waals surface area contributed by atoms with Crippen molar-refractivity contribution in [2.45, 2.75) is 10.1 Å². The van der Waals surface area contributed by atoms with E-state index in [1.54, 1.807) is 6.07 Å². The second-order valence-electron chi connectivity index (χ2n) is 3.78. The van der Waals surface area contributed by atoms with Crippen LogP contribution in [0.3, 0.4) is 0 Å². The van der Waals surface area contributed by atoms with Crippen molar-refractivity contribution in [3.63, 3.8) is 0 Å². The van der Waals surface area contributed by atoms with Crippen molar-refractivity contribution in [1.82, 2.24) is 15.6 Å². The zero-order chi connectivity index (χ0) is 13.8. The van der Waals surface area contributed by atoms with E-state index >= 15 is 0 Å². The lowest BCUT2D eigenvalue weighted by Gasteiger charge is -2.03. The number of thioether (sulfide) groups is 1. The molecule has 0 bridgehead atoms. The highest BCUT2D eigenvalue weighted by Gasteiger charge is 2.15. The van der Waals surface area contributed by atoms with Gasteiger partial charge in [-0.15, -0.1) is 10.2 Å². The molecule has 0 aliphatic heterocycles. The minimum Gasteiger partial charge on any atom is -0.459 e. The summed E-state index contributed by atoms with van der Waals surface area (Å²) in [5.41, 5.74) is 2.82. The Hall–Kier alpha value is -1.58. The maximum atomic E-state index is 11.4. The lowest BCUT2D eigenvalue weighted by Crippen LogP contribution is -2.30. The predicted molar refractivity (Wildman–Crippen MR) is 74.2 cm³/mol. The number of hydrazine groups is 1. The molecular formula is C10H13N5O2S2. The number of carbonyl (C=O) groups excluding carboxylic acids is 1. The third-order valence-corrected chi connectivity index (χ3v) is 4.49. The molecule has 0 aliphatic carbocycles. The van der Waals surface area contributed by atoms with Gasteiger partial charge in [0.1, 0.15) is 0 Å². The van der Waals surface area contributed by atoms with E-state index in [0.717, 1.165) is 15.0 Å². The normalized spacial score (nSPS) is 10.5. The van der Waals surface area contributed by atoms with Crippen LogP contribution >= 0.6 is 23.1 Å². The van der Waals surface area contributed by atoms with Gasteiger partial charge in [-0.1, -0.05) is 23.1 Å². The smallest absolute Gasteiger partial charge is 0.301 e. The summed E-state index contributed by atoms with van der Waals surface area (Å²) in [7, 11) is 3.82. The van der Waals surface area contributed by atoms with Crippen molar-refractivity contribution >= 4 is 34.1 Å². The molecule has 2 aromatic rings. The van der Waals surface area contributed by atoms with Gasteiger partial charge in [0, 0.05) is 25.4 Å². The number of furan rings is 1. The number of nitrogens with two attached hydrogens (primary N) is 1. The molecule has 102 valence electrons. The third-order valence-electron chi connectivity index (χ3n) is 2.21. The molecule has 0 aromatic carbocycles. The molecule has 2 rings (SSSR count). The fraction of sp³-hybridized carbons (Fsp3) is 0.300. The van der Waals surface area contributed by atoms with Crippen LogP contribution < -0.4 is 16.2 Å². The van der Waals surface area contributed by atoms with E-state index < -0.39 is 5.91 Å². The lowest BCUT2D eigenvalue weighted by molar-refractivity contribution is 0.0925. The molecular weight excluding hydrogens is 286 g/mol. The Bertz CT molecular complexity index is 566. The van der Waals surface area contributed by atoms with E-state index in [4.69, 9.17) is 10.3 Å². The van der Waals surface area contributed by atoms with Gasteiger partial charge in [-0.3, -0.25) is 10.2 Å². The molecule has 19 heavy (non-hydrogen) atoms. The summed E-state index contributed by atoms with van der Waals surface area (Å²) in [6.07, 6.45) is 1.46. The zero-order valence-electron chi connectivity index (χ0n) is 10.4. The van der Waals surface area contributed by atoms with E-state index in [2.05, 4.69) is 15.6 Å². The first-order valence-corrected chi connectivity index (χ1v) is 7.13. The number of nitrogen functional groups attached to an aromatic ring is 1. The first kappa shape index (κ1) is 13.8. The zero-order valence-corrected chi connectivity index (χ0v) is 12.0. The standard InChI is InChI=1S/C10H13N5O2S2/c1-15(2)9-13-14-10(19-9)18-5-6-3-4-17-7(6)8(16)12-11/h3-4H,5,11H2,1-2H3,(H,12,16). The summed E-state index contributed by atoms with van der Waals surface area (Å²) in [6.45, 7) is 0. The van der Waals surface area contributed by atoms with Gasteiger partial charge in [-0.05, 0) is 6.07 Å². The summed E-state index contributed by atoms with van der Waals surface area (Å²) in [4.78, 5) is 13.3. The fourth-order valence-corrected chi connectivity index (χ4v) is 3.04. The minimum atomic E-state index is -0.438. The quantitative estimate of drug-likeness (QED) is 0.369. The van der Waals surface area contributed by atoms with Crippen molar-refractivity contribution in [3.05, 3.63) is 23.7 Å². The highest BCUT2D eigenvalue weighted by molar-refractivity contribution is 8.00. The third kappa shape index (κ3) is 3.25. The highest BCUT2D eigenvalue weighted by Crippen LogP contribution is 2.30. The maximum absolute atomic E-state index is 11.4. The SMILES string of the molecule is CN(C)c1nnc(SCc2ccoc2C(=O)NN)s1. The Morgan fingerprint density at radius 2 is 2.37 bits per heavy atom. The van der Waals surface area contributed by atoms with Gasteiger partial charge in [0.15, 0.2) is 10.1 Å². The van der Waals surface area contributed by atoms with Crippen molar-refractivity contribution < 1.29 is 9.21 Å². The van der Waals surface area contributed by atoms with E-state index in [-0.39, 0.29) is 5.76 Å². The Balaban J connectivity index is 2.02. The average molecular weight is 299 g/mol. The topological polar surface area (TPSA) is 97.3 Å². The van der Waals surface area contributed by atoms with Crippen LogP contribution in [0.15, 0.2) is 21.1 Å². The van der Waals surface area contributed by atoms with Crippen molar-refractivity contribution in [1.29, 1.82) is 0 Å². The van der Waals surface area contributed by atoms with Gasteiger partial charge in [-0.25, -0.2) is 5.84 Å². The molecule has 0 radical (unpaired) electrons. The first-order chi connectivity index (χ1) is 9.11. The van der Waals surface area contributed by atoms with Crippen LogP contribution in [0.25, 0.3) is 0 Å². The summed E-state index contributed by atoms with van der Waals surface area (Å²) >= 11 is 2.99. The second-order valence-corrected chi connectivity index (χ2v) is 5.96. The Kier molecular flexibility index (Phi) is 4.40. The van der Waals surface area contributed by atoms with Crippen molar-refractivity contribution in [3.8, 4) is 0 Å². The van der Waals surface area contributed by atoms with Crippen LogP contribution in [0.1, 0.15) is 16.1 Å². The number of amides is 1. The van der Waals surface area contributed by atoms with Gasteiger partial charge < -0.3 is 9.32 Å². The van der Waals surface area contributed by atoms with E-state index in [1.165, 1.54) is 29.4 Å². The number of anilines is 1. The summed E-state index contributed by atoms with van der Waals surface area (Å²) in [5.74, 6) is 5.45. The predicted octanol–water partition coefficient (Wildman–Crippen LogP) is 1.09. The Morgan fingerprint density at radius 3 is 3.00 bits per heavy atom. The number of nitrogens with zero attached hydrogens (tertiary/aromatic N) is 3. The van der Waals surface area contributed by atoms with Crippen LogP contribution in [0.2, 0.25) is 0 Å². The molecule has 9 heteroatoms. The van der Waals surface area contributed by atoms with E-state index in [9.17, 15) is 4.79 Å². The number of rotatable bonds is 5. The molecule has 0 fully saturated rings. The van der Waals surface area contributed by atoms with E-state index in [1.807, 2.05) is 19.0 Å². The molecule has 7 nitrogen and oxygen atoms in total. The molecule has 0 spiro atoms. The molecule has 3 N–H and O–H groups in total. The monoisotopic (exact) mass is 299 g/mol. The van der Waals surface area contributed by atoms with E-state index in [0.29, 0.717) is 5.75 Å². The number of hydrogen-bond donors (Lipinski definition) is 2. The summed E-state index contributed by atoms with van der Waals surface area (Å²) in [5, 5.41) is 8.95. The maximum Gasteiger partial charge on any atom is 0.301 e. The van der Waals surface area contributed by atoms with Crippen LogP contribution in [0, 0.1) is 0 Å². The first-order valence-electron chi connectivity index (χ1n) is 5.32. The molecule has 1 amide bonds. The lowest BCUT2D eigenvalue weighted by atomic mass is 10.3. The second kappa shape index (κ2) is 6.04. The minimum absolute atomic E-state index is 0.229. The van der Waals surface area contributed by atoms with Gasteiger partial charge in [0.2, 0.25) is 5.13 Å².